The van der Waals surface area contributed by atoms with Crippen LogP contribution < -0.4 is 0 Å². The molecule has 0 bridgehead atoms. The summed E-state index contributed by atoms with van der Waals surface area (Å²) in [4.78, 5) is 38.4. The highest BCUT2D eigenvalue weighted by Gasteiger charge is 2.20. The van der Waals surface area contributed by atoms with Crippen molar-refractivity contribution in [2.24, 2.45) is 11.8 Å². The number of esters is 3. The molecule has 74 heavy (non-hydrogen) atoms. The molecule has 2 atom stereocenters. The van der Waals surface area contributed by atoms with Gasteiger partial charge in [-0.25, -0.2) is 0 Å². The van der Waals surface area contributed by atoms with Crippen molar-refractivity contribution in [3.05, 3.63) is 0 Å². The first kappa shape index (κ1) is 72.4. The van der Waals surface area contributed by atoms with Gasteiger partial charge in [0.15, 0.2) is 6.10 Å². The van der Waals surface area contributed by atoms with Crippen molar-refractivity contribution in [1.29, 1.82) is 0 Å². The van der Waals surface area contributed by atoms with Gasteiger partial charge in [0.1, 0.15) is 13.2 Å². The highest BCUT2D eigenvalue weighted by atomic mass is 16.6. The van der Waals surface area contributed by atoms with E-state index in [1.165, 1.54) is 276 Å². The predicted octanol–water partition coefficient (Wildman–Crippen LogP) is 22.8. The van der Waals surface area contributed by atoms with Crippen molar-refractivity contribution >= 4 is 17.9 Å². The Kier molecular flexibility index (Phi) is 59.3. The Morgan fingerprint density at radius 1 is 0.284 bits per heavy atom. The van der Waals surface area contributed by atoms with Gasteiger partial charge in [0.2, 0.25) is 0 Å². The fraction of sp³-hybridized carbons (Fsp3) is 0.956. The van der Waals surface area contributed by atoms with Gasteiger partial charge < -0.3 is 14.2 Å². The normalized spacial score (nSPS) is 12.4. The lowest BCUT2D eigenvalue weighted by atomic mass is 9.99. The lowest BCUT2D eigenvalue weighted by molar-refractivity contribution is -0.167. The molecule has 1 unspecified atom stereocenters. The van der Waals surface area contributed by atoms with Gasteiger partial charge in [-0.1, -0.05) is 349 Å². The monoisotopic (exact) mass is 1050 g/mol. The van der Waals surface area contributed by atoms with Crippen LogP contribution in [0.25, 0.3) is 0 Å². The maximum Gasteiger partial charge on any atom is 0.306 e. The van der Waals surface area contributed by atoms with Gasteiger partial charge in [-0.3, -0.25) is 14.4 Å². The van der Waals surface area contributed by atoms with E-state index < -0.39 is 6.10 Å². The molecule has 0 amide bonds. The molecule has 0 aliphatic carbocycles. The summed E-state index contributed by atoms with van der Waals surface area (Å²) < 4.78 is 17.0. The SMILES string of the molecule is CCCCCCCCCCCCCCCCCCCC(=O)OC[C@@H](COC(=O)CCCCCCCCCCCCCCCCCCCCC(C)CC)OC(=O)CCCCCCCCCCCCCCCCC(C)C. The zero-order valence-electron chi connectivity index (χ0n) is 51.0. The van der Waals surface area contributed by atoms with Gasteiger partial charge in [0, 0.05) is 19.3 Å². The molecule has 6 nitrogen and oxygen atoms in total. The van der Waals surface area contributed by atoms with Gasteiger partial charge in [0.25, 0.3) is 0 Å². The number of hydrogen-bond donors (Lipinski definition) is 0. The Hall–Kier alpha value is -1.59. The largest absolute Gasteiger partial charge is 0.462 e. The summed E-state index contributed by atoms with van der Waals surface area (Å²) in [5.74, 6) is 0.926. The maximum absolute atomic E-state index is 12.9. The third-order valence-electron chi connectivity index (χ3n) is 16.1. The molecule has 440 valence electrons. The van der Waals surface area contributed by atoms with E-state index in [2.05, 4.69) is 34.6 Å². The summed E-state index contributed by atoms with van der Waals surface area (Å²) in [6.45, 7) is 11.5. The highest BCUT2D eigenvalue weighted by molar-refractivity contribution is 5.71. The van der Waals surface area contributed by atoms with Gasteiger partial charge in [0.05, 0.1) is 0 Å². The Bertz CT molecular complexity index is 1140. The molecule has 0 N–H and O–H groups in total. The van der Waals surface area contributed by atoms with Crippen molar-refractivity contribution in [1.82, 2.24) is 0 Å². The van der Waals surface area contributed by atoms with Crippen molar-refractivity contribution < 1.29 is 28.6 Å². The van der Waals surface area contributed by atoms with Crippen LogP contribution in [-0.2, 0) is 28.6 Å². The second kappa shape index (κ2) is 60.6. The lowest BCUT2D eigenvalue weighted by Crippen LogP contribution is -2.30. The molecule has 0 aliphatic rings. The number of carbonyl (C=O) groups excluding carboxylic acids is 3. The molecule has 0 aromatic heterocycles. The quantitative estimate of drug-likeness (QED) is 0.0343. The zero-order valence-corrected chi connectivity index (χ0v) is 51.0. The minimum atomic E-state index is -0.764. The third-order valence-corrected chi connectivity index (χ3v) is 16.1. The number of carbonyl (C=O) groups is 3. The van der Waals surface area contributed by atoms with Gasteiger partial charge in [-0.15, -0.1) is 0 Å². The van der Waals surface area contributed by atoms with Crippen LogP contribution in [0.15, 0.2) is 0 Å². The van der Waals surface area contributed by atoms with Crippen LogP contribution in [-0.4, -0.2) is 37.2 Å². The van der Waals surface area contributed by atoms with Crippen molar-refractivity contribution in [2.75, 3.05) is 13.2 Å². The third kappa shape index (κ3) is 59.7. The molecular formula is C68H132O6. The molecule has 0 radical (unpaired) electrons. The molecular weight excluding hydrogens is 913 g/mol. The van der Waals surface area contributed by atoms with Crippen LogP contribution in [0, 0.1) is 11.8 Å². The van der Waals surface area contributed by atoms with Crippen LogP contribution in [0.5, 0.6) is 0 Å². The van der Waals surface area contributed by atoms with Crippen molar-refractivity contribution in [3.63, 3.8) is 0 Å². The molecule has 0 aromatic rings. The van der Waals surface area contributed by atoms with E-state index in [1.54, 1.807) is 0 Å². The summed E-state index contributed by atoms with van der Waals surface area (Å²) in [6.07, 6.45) is 68.2. The molecule has 0 aliphatic heterocycles. The van der Waals surface area contributed by atoms with E-state index in [1.807, 2.05) is 0 Å². The van der Waals surface area contributed by atoms with E-state index >= 15 is 0 Å². The van der Waals surface area contributed by atoms with Crippen molar-refractivity contribution in [3.8, 4) is 0 Å². The van der Waals surface area contributed by atoms with E-state index in [0.29, 0.717) is 19.3 Å². The number of hydrogen-bond acceptors (Lipinski definition) is 6. The van der Waals surface area contributed by atoms with E-state index in [0.717, 1.165) is 69.6 Å². The molecule has 0 spiro atoms. The molecule has 6 heteroatoms. The van der Waals surface area contributed by atoms with Crippen LogP contribution in [0.2, 0.25) is 0 Å². The van der Waals surface area contributed by atoms with Crippen LogP contribution in [0.4, 0.5) is 0 Å². The minimum Gasteiger partial charge on any atom is -0.462 e. The Balaban J connectivity index is 4.26. The average molecular weight is 1050 g/mol. The standard InChI is InChI=1S/C68H132O6/c1-6-8-9-10-11-12-13-14-15-18-22-28-33-38-43-48-53-58-66(69)72-61-65(74-68(71)60-55-50-45-40-35-30-25-24-26-31-36-41-46-51-56-63(3)4)62-73-67(70)59-54-49-44-39-34-29-23-20-17-16-19-21-27-32-37-42-47-52-57-64(5)7-2/h63-65H,6-62H2,1-5H3/t64?,65-/m0/s1. The maximum atomic E-state index is 12.9. The summed E-state index contributed by atoms with van der Waals surface area (Å²) in [6, 6.07) is 0. The fourth-order valence-electron chi connectivity index (χ4n) is 10.6. The second-order valence-corrected chi connectivity index (χ2v) is 24.2. The van der Waals surface area contributed by atoms with Crippen molar-refractivity contribution in [2.45, 2.75) is 394 Å². The molecule has 0 saturated heterocycles. The van der Waals surface area contributed by atoms with Crippen LogP contribution in [0.3, 0.4) is 0 Å². The smallest absolute Gasteiger partial charge is 0.306 e. The van der Waals surface area contributed by atoms with Gasteiger partial charge in [-0.05, 0) is 31.1 Å². The number of ether oxygens (including phenoxy) is 3. The Morgan fingerprint density at radius 3 is 0.770 bits per heavy atom. The highest BCUT2D eigenvalue weighted by Crippen LogP contribution is 2.20. The van der Waals surface area contributed by atoms with E-state index in [4.69, 9.17) is 14.2 Å². The topological polar surface area (TPSA) is 78.9 Å². The zero-order chi connectivity index (χ0) is 53.9. The molecule has 0 fully saturated rings. The van der Waals surface area contributed by atoms with Gasteiger partial charge in [-0.2, -0.15) is 0 Å². The minimum absolute atomic E-state index is 0.0615. The van der Waals surface area contributed by atoms with Crippen LogP contribution in [0.1, 0.15) is 388 Å². The van der Waals surface area contributed by atoms with Gasteiger partial charge >= 0.3 is 17.9 Å². The summed E-state index contributed by atoms with van der Waals surface area (Å²) in [5, 5.41) is 0. The number of rotatable bonds is 62. The summed E-state index contributed by atoms with van der Waals surface area (Å²) in [5.41, 5.74) is 0. The lowest BCUT2D eigenvalue weighted by Gasteiger charge is -2.18. The second-order valence-electron chi connectivity index (χ2n) is 24.2. The predicted molar refractivity (Wildman–Crippen MR) is 321 cm³/mol. The van der Waals surface area contributed by atoms with Crippen LogP contribution >= 0.6 is 0 Å². The van der Waals surface area contributed by atoms with E-state index in [9.17, 15) is 14.4 Å². The fourth-order valence-corrected chi connectivity index (χ4v) is 10.6. The summed E-state index contributed by atoms with van der Waals surface area (Å²) in [7, 11) is 0. The Labute approximate surface area is 463 Å². The van der Waals surface area contributed by atoms with E-state index in [-0.39, 0.29) is 31.1 Å². The molecule has 0 rings (SSSR count). The first-order chi connectivity index (χ1) is 36.3. The Morgan fingerprint density at radius 2 is 0.514 bits per heavy atom. The summed E-state index contributed by atoms with van der Waals surface area (Å²) >= 11 is 0. The first-order valence-corrected chi connectivity index (χ1v) is 33.8. The molecule has 0 heterocycles. The average Bonchev–Trinajstić information content (AvgIpc) is 3.39. The molecule has 0 aromatic carbocycles. The number of unbranched alkanes of at least 4 members (excludes halogenated alkanes) is 46. The molecule has 0 saturated carbocycles. The first-order valence-electron chi connectivity index (χ1n) is 33.8.